The largest absolute Gasteiger partial charge is 0.388 e. The molecule has 0 aliphatic heterocycles. The Morgan fingerprint density at radius 3 is 2.87 bits per heavy atom. The number of amides is 1. The lowest BCUT2D eigenvalue weighted by Gasteiger charge is -2.29. The molecule has 6 heteroatoms. The van der Waals surface area contributed by atoms with E-state index >= 15 is 0 Å². The molecule has 6 nitrogen and oxygen atoms in total. The van der Waals surface area contributed by atoms with E-state index in [-0.39, 0.29) is 18.0 Å². The number of hydrogen-bond donors (Lipinski definition) is 2. The van der Waals surface area contributed by atoms with E-state index in [2.05, 4.69) is 10.3 Å². The zero-order valence-electron chi connectivity index (χ0n) is 14.0. The van der Waals surface area contributed by atoms with Crippen LogP contribution in [0.2, 0.25) is 0 Å². The summed E-state index contributed by atoms with van der Waals surface area (Å²) < 4.78 is 1.36. The minimum Gasteiger partial charge on any atom is -0.388 e. The first kappa shape index (κ1) is 17.1. The van der Waals surface area contributed by atoms with Crippen LogP contribution in [0.3, 0.4) is 0 Å². The first-order chi connectivity index (χ1) is 10.8. The van der Waals surface area contributed by atoms with Crippen molar-refractivity contribution >= 4 is 11.6 Å². The molecule has 0 spiro atoms. The molecule has 0 aromatic carbocycles. The summed E-state index contributed by atoms with van der Waals surface area (Å²) in [4.78, 5) is 28.9. The summed E-state index contributed by atoms with van der Waals surface area (Å²) in [6.07, 6.45) is 3.67. The monoisotopic (exact) mass is 317 g/mol. The highest BCUT2D eigenvalue weighted by Crippen LogP contribution is 2.18. The minimum absolute atomic E-state index is 0.0290. The minimum atomic E-state index is -1.03. The lowest BCUT2D eigenvalue weighted by atomic mass is 9.88. The Hall–Kier alpha value is -2.21. The molecule has 23 heavy (non-hydrogen) atoms. The van der Waals surface area contributed by atoms with Gasteiger partial charge < -0.3 is 10.4 Å². The van der Waals surface area contributed by atoms with Crippen LogP contribution in [0, 0.1) is 12.8 Å². The molecule has 0 aliphatic rings. The molecule has 1 amide bonds. The number of carbonyl (C=O) groups excluding carboxylic acids is 1. The van der Waals surface area contributed by atoms with Gasteiger partial charge in [-0.25, -0.2) is 4.98 Å². The summed E-state index contributed by atoms with van der Waals surface area (Å²) in [6, 6.07) is 3.59. The van der Waals surface area contributed by atoms with Gasteiger partial charge in [0.25, 0.3) is 11.5 Å². The molecule has 0 aliphatic carbocycles. The standard InChI is InChI=1S/C17H23N3O3/c1-5-12(3)17(4,23)10-19-15(21)13-9-18-14-11(2)7-6-8-20(14)16(13)22/h6-9,12,23H,5,10H2,1-4H3,(H,19,21). The molecule has 2 aromatic rings. The number of pyridine rings is 1. The smallest absolute Gasteiger partial charge is 0.270 e. The number of fused-ring (bicyclic) bond motifs is 1. The molecule has 124 valence electrons. The van der Waals surface area contributed by atoms with Crippen molar-refractivity contribution in [1.82, 2.24) is 14.7 Å². The fraction of sp³-hybridized carbons (Fsp3) is 0.471. The van der Waals surface area contributed by atoms with Gasteiger partial charge in [-0.1, -0.05) is 26.3 Å². The van der Waals surface area contributed by atoms with Crippen LogP contribution in [0.15, 0.2) is 29.3 Å². The van der Waals surface area contributed by atoms with Crippen molar-refractivity contribution in [3.05, 3.63) is 46.0 Å². The maximum Gasteiger partial charge on any atom is 0.270 e. The van der Waals surface area contributed by atoms with Crippen LogP contribution in [0.25, 0.3) is 5.65 Å². The van der Waals surface area contributed by atoms with Gasteiger partial charge >= 0.3 is 0 Å². The van der Waals surface area contributed by atoms with Crippen LogP contribution in [0.5, 0.6) is 0 Å². The number of hydrogen-bond acceptors (Lipinski definition) is 4. The van der Waals surface area contributed by atoms with E-state index in [1.54, 1.807) is 19.2 Å². The van der Waals surface area contributed by atoms with Crippen molar-refractivity contribution in [2.75, 3.05) is 6.54 Å². The quantitative estimate of drug-likeness (QED) is 0.876. The van der Waals surface area contributed by atoms with E-state index in [1.165, 1.54) is 10.6 Å². The first-order valence-corrected chi connectivity index (χ1v) is 7.75. The lowest BCUT2D eigenvalue weighted by Crippen LogP contribution is -2.46. The number of aromatic nitrogens is 2. The molecular weight excluding hydrogens is 294 g/mol. The number of nitrogens with one attached hydrogen (secondary N) is 1. The lowest BCUT2D eigenvalue weighted by molar-refractivity contribution is 0.00590. The number of aryl methyl sites for hydroxylation is 1. The fourth-order valence-electron chi connectivity index (χ4n) is 2.37. The summed E-state index contributed by atoms with van der Waals surface area (Å²) in [6.45, 7) is 7.50. The Bertz CT molecular complexity index is 780. The van der Waals surface area contributed by atoms with Crippen LogP contribution >= 0.6 is 0 Å². The third-order valence-electron chi connectivity index (χ3n) is 4.45. The highest BCUT2D eigenvalue weighted by atomic mass is 16.3. The number of rotatable bonds is 5. The average Bonchev–Trinajstić information content (AvgIpc) is 2.53. The second-order valence-electron chi connectivity index (χ2n) is 6.21. The molecule has 2 aromatic heterocycles. The van der Waals surface area contributed by atoms with Gasteiger partial charge in [-0.15, -0.1) is 0 Å². The van der Waals surface area contributed by atoms with Crippen LogP contribution in [-0.2, 0) is 0 Å². The maximum absolute atomic E-state index is 12.4. The molecule has 0 fully saturated rings. The van der Waals surface area contributed by atoms with Crippen LogP contribution in [0.4, 0.5) is 0 Å². The van der Waals surface area contributed by atoms with Crippen molar-refractivity contribution < 1.29 is 9.90 Å². The SMILES string of the molecule is CCC(C)C(C)(O)CNC(=O)c1cnc2c(C)cccn2c1=O. The summed E-state index contributed by atoms with van der Waals surface area (Å²) in [5.41, 5.74) is -0.0917. The highest BCUT2D eigenvalue weighted by Gasteiger charge is 2.28. The second kappa shape index (κ2) is 6.50. The van der Waals surface area contributed by atoms with Crippen molar-refractivity contribution in [3.8, 4) is 0 Å². The zero-order chi connectivity index (χ0) is 17.2. The molecule has 2 unspecified atom stereocenters. The summed E-state index contributed by atoms with van der Waals surface area (Å²) >= 11 is 0. The highest BCUT2D eigenvalue weighted by molar-refractivity contribution is 5.93. The van der Waals surface area contributed by atoms with Gasteiger partial charge in [-0.2, -0.15) is 0 Å². The maximum atomic E-state index is 12.4. The van der Waals surface area contributed by atoms with E-state index in [9.17, 15) is 14.7 Å². The van der Waals surface area contributed by atoms with Gasteiger partial charge in [0, 0.05) is 18.9 Å². The predicted octanol–water partition coefficient (Wildman–Crippen LogP) is 1.53. The van der Waals surface area contributed by atoms with Gasteiger partial charge in [0.2, 0.25) is 0 Å². The molecule has 0 saturated heterocycles. The van der Waals surface area contributed by atoms with Gasteiger partial charge in [0.15, 0.2) is 0 Å². The van der Waals surface area contributed by atoms with Gasteiger partial charge in [-0.05, 0) is 31.4 Å². The van der Waals surface area contributed by atoms with Crippen molar-refractivity contribution in [2.24, 2.45) is 5.92 Å². The molecular formula is C17H23N3O3. The molecule has 0 radical (unpaired) electrons. The number of nitrogens with zero attached hydrogens (tertiary/aromatic N) is 2. The van der Waals surface area contributed by atoms with E-state index in [1.807, 2.05) is 26.8 Å². The van der Waals surface area contributed by atoms with Crippen molar-refractivity contribution in [2.45, 2.75) is 39.7 Å². The molecule has 0 bridgehead atoms. The Labute approximate surface area is 135 Å². The first-order valence-electron chi connectivity index (χ1n) is 7.75. The van der Waals surface area contributed by atoms with Crippen molar-refractivity contribution in [1.29, 1.82) is 0 Å². The van der Waals surface area contributed by atoms with Crippen LogP contribution in [0.1, 0.15) is 43.1 Å². The average molecular weight is 317 g/mol. The van der Waals surface area contributed by atoms with E-state index < -0.39 is 17.1 Å². The molecule has 2 heterocycles. The topological polar surface area (TPSA) is 83.7 Å². The Kier molecular flexibility index (Phi) is 4.85. The predicted molar refractivity (Wildman–Crippen MR) is 88.6 cm³/mol. The number of aliphatic hydroxyl groups is 1. The fourth-order valence-corrected chi connectivity index (χ4v) is 2.37. The number of carbonyl (C=O) groups is 1. The van der Waals surface area contributed by atoms with Gasteiger partial charge in [0.1, 0.15) is 11.2 Å². The molecule has 0 saturated carbocycles. The van der Waals surface area contributed by atoms with E-state index in [0.717, 1.165) is 12.0 Å². The Balaban J connectivity index is 2.26. The third-order valence-corrected chi connectivity index (χ3v) is 4.45. The van der Waals surface area contributed by atoms with Crippen LogP contribution < -0.4 is 10.9 Å². The normalized spacial score (nSPS) is 15.2. The molecule has 2 atom stereocenters. The van der Waals surface area contributed by atoms with Gasteiger partial charge in [0.05, 0.1) is 5.60 Å². The molecule has 2 rings (SSSR count). The van der Waals surface area contributed by atoms with Crippen LogP contribution in [-0.4, -0.2) is 32.5 Å². The summed E-state index contributed by atoms with van der Waals surface area (Å²) in [5, 5.41) is 13.0. The van der Waals surface area contributed by atoms with E-state index in [0.29, 0.717) is 5.65 Å². The second-order valence-corrected chi connectivity index (χ2v) is 6.21. The summed E-state index contributed by atoms with van der Waals surface area (Å²) in [5.74, 6) is -0.497. The van der Waals surface area contributed by atoms with E-state index in [4.69, 9.17) is 0 Å². The Morgan fingerprint density at radius 1 is 1.52 bits per heavy atom. The summed E-state index contributed by atoms with van der Waals surface area (Å²) in [7, 11) is 0. The zero-order valence-corrected chi connectivity index (χ0v) is 14.0. The Morgan fingerprint density at radius 2 is 2.22 bits per heavy atom. The van der Waals surface area contributed by atoms with Gasteiger partial charge in [-0.3, -0.25) is 14.0 Å². The third kappa shape index (κ3) is 3.42. The van der Waals surface area contributed by atoms with Crippen molar-refractivity contribution in [3.63, 3.8) is 0 Å². The molecule has 2 N–H and O–H groups in total.